The maximum atomic E-state index is 12.5. The first-order chi connectivity index (χ1) is 16.0. The maximum absolute atomic E-state index is 12.5. The van der Waals surface area contributed by atoms with Gasteiger partial charge in [-0.3, -0.25) is 4.79 Å². The van der Waals surface area contributed by atoms with Crippen LogP contribution >= 0.6 is 0 Å². The Morgan fingerprint density at radius 1 is 1.00 bits per heavy atom. The minimum atomic E-state index is -1.02. The number of alkyl carbamates (subject to hydrolysis) is 1. The van der Waals surface area contributed by atoms with Gasteiger partial charge in [0.1, 0.15) is 12.6 Å². The number of hydrogen-bond acceptors (Lipinski definition) is 4. The number of carbonyl (C=O) groups is 3. The van der Waals surface area contributed by atoms with Crippen molar-refractivity contribution in [3.63, 3.8) is 0 Å². The molecule has 0 heterocycles. The zero-order valence-electron chi connectivity index (χ0n) is 18.8. The smallest absolute Gasteiger partial charge is 0.407 e. The summed E-state index contributed by atoms with van der Waals surface area (Å²) in [5.74, 6) is -1.06. The number of ether oxygens (including phenoxy) is 1. The van der Waals surface area contributed by atoms with E-state index in [1.165, 1.54) is 0 Å². The van der Waals surface area contributed by atoms with Gasteiger partial charge < -0.3 is 20.5 Å². The second kappa shape index (κ2) is 10.1. The number of amides is 2. The fraction of sp³-hybridized carbons (Fsp3) is 0.423. The van der Waals surface area contributed by atoms with E-state index in [1.54, 1.807) is 0 Å². The minimum Gasteiger partial charge on any atom is -0.480 e. The van der Waals surface area contributed by atoms with Crippen LogP contribution in [-0.2, 0) is 14.3 Å². The summed E-state index contributed by atoms with van der Waals surface area (Å²) in [6.45, 7) is 2.06. The van der Waals surface area contributed by atoms with Crippen molar-refractivity contribution < 1.29 is 24.2 Å². The van der Waals surface area contributed by atoms with E-state index in [2.05, 4.69) is 34.9 Å². The zero-order chi connectivity index (χ0) is 23.4. The summed E-state index contributed by atoms with van der Waals surface area (Å²) in [5.41, 5.74) is 4.58. The van der Waals surface area contributed by atoms with E-state index in [9.17, 15) is 19.5 Å². The molecule has 2 aromatic rings. The van der Waals surface area contributed by atoms with E-state index in [0.29, 0.717) is 18.8 Å². The molecule has 2 aromatic carbocycles. The molecule has 2 atom stereocenters. The van der Waals surface area contributed by atoms with Crippen molar-refractivity contribution in [2.24, 2.45) is 5.92 Å². The van der Waals surface area contributed by atoms with Gasteiger partial charge in [-0.2, -0.15) is 0 Å². The summed E-state index contributed by atoms with van der Waals surface area (Å²) in [5, 5.41) is 14.7. The highest BCUT2D eigenvalue weighted by Crippen LogP contribution is 2.44. The second-order valence-corrected chi connectivity index (χ2v) is 8.92. The third-order valence-electron chi connectivity index (χ3n) is 6.49. The fourth-order valence-electron chi connectivity index (χ4n) is 4.49. The molecule has 7 heteroatoms. The third kappa shape index (κ3) is 5.53. The number of benzene rings is 2. The van der Waals surface area contributed by atoms with Crippen LogP contribution in [0.4, 0.5) is 4.79 Å². The molecular formula is C26H30N2O5. The SMILES string of the molecule is CC[C@@H](CC(=O)N[C@@H](CC1CC1)C(=O)O)NC(=O)OCC1c2ccccc2-c2ccccc21. The number of rotatable bonds is 10. The van der Waals surface area contributed by atoms with Crippen LogP contribution in [0, 0.1) is 5.92 Å². The van der Waals surface area contributed by atoms with E-state index in [-0.39, 0.29) is 24.9 Å². The van der Waals surface area contributed by atoms with Gasteiger partial charge in [0, 0.05) is 18.4 Å². The molecule has 0 bridgehead atoms. The Labute approximate surface area is 193 Å². The molecule has 1 fully saturated rings. The van der Waals surface area contributed by atoms with Crippen LogP contribution in [0.3, 0.4) is 0 Å². The average molecular weight is 451 g/mol. The molecule has 2 aliphatic carbocycles. The highest BCUT2D eigenvalue weighted by molar-refractivity contribution is 5.84. The molecule has 7 nitrogen and oxygen atoms in total. The van der Waals surface area contributed by atoms with Crippen LogP contribution in [0.2, 0.25) is 0 Å². The van der Waals surface area contributed by atoms with Crippen molar-refractivity contribution in [3.8, 4) is 11.1 Å². The largest absolute Gasteiger partial charge is 0.480 e. The quantitative estimate of drug-likeness (QED) is 0.506. The topological polar surface area (TPSA) is 105 Å². The second-order valence-electron chi connectivity index (χ2n) is 8.92. The van der Waals surface area contributed by atoms with Crippen LogP contribution < -0.4 is 10.6 Å². The molecule has 0 aromatic heterocycles. The van der Waals surface area contributed by atoms with Crippen LogP contribution in [0.15, 0.2) is 48.5 Å². The molecule has 2 amide bonds. The van der Waals surface area contributed by atoms with E-state index in [4.69, 9.17) is 4.74 Å². The first-order valence-corrected chi connectivity index (χ1v) is 11.6. The molecule has 0 saturated heterocycles. The summed E-state index contributed by atoms with van der Waals surface area (Å²) in [6.07, 6.45) is 2.44. The van der Waals surface area contributed by atoms with Crippen LogP contribution in [0.5, 0.6) is 0 Å². The van der Waals surface area contributed by atoms with Crippen molar-refractivity contribution in [1.82, 2.24) is 10.6 Å². The lowest BCUT2D eigenvalue weighted by Crippen LogP contribution is -2.45. The van der Waals surface area contributed by atoms with Gasteiger partial charge in [0.05, 0.1) is 0 Å². The van der Waals surface area contributed by atoms with Gasteiger partial charge in [0.2, 0.25) is 5.91 Å². The van der Waals surface area contributed by atoms with Gasteiger partial charge in [-0.1, -0.05) is 68.3 Å². The van der Waals surface area contributed by atoms with E-state index in [0.717, 1.165) is 35.1 Å². The first kappa shape index (κ1) is 22.8. The van der Waals surface area contributed by atoms with E-state index < -0.39 is 24.1 Å². The molecule has 0 spiro atoms. The molecule has 0 radical (unpaired) electrons. The van der Waals surface area contributed by atoms with Gasteiger partial charge in [0.25, 0.3) is 0 Å². The minimum absolute atomic E-state index is 0.00907. The van der Waals surface area contributed by atoms with Crippen molar-refractivity contribution in [3.05, 3.63) is 59.7 Å². The number of nitrogens with one attached hydrogen (secondary N) is 2. The third-order valence-corrected chi connectivity index (χ3v) is 6.49. The summed E-state index contributed by atoms with van der Waals surface area (Å²) >= 11 is 0. The molecule has 1 saturated carbocycles. The normalized spacial score (nSPS) is 16.3. The van der Waals surface area contributed by atoms with Crippen LogP contribution in [0.25, 0.3) is 11.1 Å². The Bertz CT molecular complexity index is 987. The summed E-state index contributed by atoms with van der Waals surface area (Å²) < 4.78 is 5.56. The molecule has 0 aliphatic heterocycles. The van der Waals surface area contributed by atoms with Gasteiger partial charge in [-0.05, 0) is 41.0 Å². The Kier molecular flexibility index (Phi) is 6.96. The average Bonchev–Trinajstić information content (AvgIpc) is 3.57. The number of carboxylic acids is 1. The molecule has 4 rings (SSSR count). The van der Waals surface area contributed by atoms with Crippen LogP contribution in [0.1, 0.15) is 56.1 Å². The molecule has 0 unspecified atom stereocenters. The fourth-order valence-corrected chi connectivity index (χ4v) is 4.49. The number of aliphatic carboxylic acids is 1. The zero-order valence-corrected chi connectivity index (χ0v) is 18.8. The summed E-state index contributed by atoms with van der Waals surface area (Å²) in [7, 11) is 0. The van der Waals surface area contributed by atoms with Crippen LogP contribution in [-0.4, -0.2) is 41.8 Å². The molecule has 33 heavy (non-hydrogen) atoms. The molecular weight excluding hydrogens is 420 g/mol. The van der Waals surface area contributed by atoms with Gasteiger partial charge >= 0.3 is 12.1 Å². The van der Waals surface area contributed by atoms with Crippen molar-refractivity contribution in [2.75, 3.05) is 6.61 Å². The molecule has 3 N–H and O–H groups in total. The predicted octanol–water partition coefficient (Wildman–Crippen LogP) is 4.06. The molecule has 174 valence electrons. The summed E-state index contributed by atoms with van der Waals surface area (Å²) in [4.78, 5) is 36.3. The molecule has 2 aliphatic rings. The summed E-state index contributed by atoms with van der Waals surface area (Å²) in [6, 6.07) is 14.9. The Hall–Kier alpha value is -3.35. The van der Waals surface area contributed by atoms with E-state index >= 15 is 0 Å². The lowest BCUT2D eigenvalue weighted by Gasteiger charge is -2.20. The number of carbonyl (C=O) groups excluding carboxylic acids is 2. The van der Waals surface area contributed by atoms with E-state index in [1.807, 2.05) is 31.2 Å². The van der Waals surface area contributed by atoms with Gasteiger partial charge in [-0.25, -0.2) is 9.59 Å². The van der Waals surface area contributed by atoms with Crippen molar-refractivity contribution in [2.45, 2.75) is 57.0 Å². The Morgan fingerprint density at radius 3 is 2.15 bits per heavy atom. The number of hydrogen-bond donors (Lipinski definition) is 3. The Morgan fingerprint density at radius 2 is 1.61 bits per heavy atom. The van der Waals surface area contributed by atoms with Crippen molar-refractivity contribution >= 4 is 18.0 Å². The highest BCUT2D eigenvalue weighted by Gasteiger charge is 2.31. The maximum Gasteiger partial charge on any atom is 0.407 e. The number of fused-ring (bicyclic) bond motifs is 3. The standard InChI is InChI=1S/C26H30N2O5/c1-2-17(14-24(29)28-23(25(30)31)13-16-11-12-16)27-26(32)33-15-22-20-9-5-3-7-18(20)19-8-4-6-10-21(19)22/h3-10,16-17,22-23H,2,11-15H2,1H3,(H,27,32)(H,28,29)(H,30,31)/t17-,23-/m0/s1. The van der Waals surface area contributed by atoms with Gasteiger partial charge in [-0.15, -0.1) is 0 Å². The number of carboxylic acid groups (broad SMARTS) is 1. The monoisotopic (exact) mass is 450 g/mol. The lowest BCUT2D eigenvalue weighted by molar-refractivity contribution is -0.142. The lowest BCUT2D eigenvalue weighted by atomic mass is 9.98. The predicted molar refractivity (Wildman–Crippen MR) is 124 cm³/mol. The Balaban J connectivity index is 1.30. The van der Waals surface area contributed by atoms with Gasteiger partial charge in [0.15, 0.2) is 0 Å². The first-order valence-electron chi connectivity index (χ1n) is 11.6. The highest BCUT2D eigenvalue weighted by atomic mass is 16.5. The van der Waals surface area contributed by atoms with Crippen molar-refractivity contribution in [1.29, 1.82) is 0 Å².